The summed E-state index contributed by atoms with van der Waals surface area (Å²) in [6.07, 6.45) is 1.53. The second-order valence-electron chi connectivity index (χ2n) is 5.42. The molecule has 0 unspecified atom stereocenters. The highest BCUT2D eigenvalue weighted by Gasteiger charge is 2.12. The van der Waals surface area contributed by atoms with Crippen LogP contribution in [0, 0.1) is 17.1 Å². The zero-order chi connectivity index (χ0) is 20.1. The number of nitriles is 1. The fraction of sp³-hybridized carbons (Fsp3) is 0.105. The lowest BCUT2D eigenvalue weighted by Crippen LogP contribution is -2.01. The van der Waals surface area contributed by atoms with E-state index in [1.54, 1.807) is 30.3 Å². The van der Waals surface area contributed by atoms with E-state index in [4.69, 9.17) is 37.9 Å². The van der Waals surface area contributed by atoms with Crippen molar-refractivity contribution in [2.45, 2.75) is 16.4 Å². The summed E-state index contributed by atoms with van der Waals surface area (Å²) in [7, 11) is 1.39. The number of hydrogen-bond acceptors (Lipinski definition) is 6. The van der Waals surface area contributed by atoms with E-state index < -0.39 is 5.82 Å². The molecule has 0 radical (unpaired) electrons. The maximum absolute atomic E-state index is 13.5. The number of aromatic nitrogens is 2. The third-order valence-corrected chi connectivity index (χ3v) is 5.06. The number of rotatable bonds is 6. The monoisotopic (exact) mass is 435 g/mol. The van der Waals surface area contributed by atoms with E-state index in [2.05, 4.69) is 9.97 Å². The zero-order valence-electron chi connectivity index (χ0n) is 14.4. The average molecular weight is 436 g/mol. The standard InChI is InChI=1S/C19H12Cl2FN3O2S/c1-26-16-6-11(2-5-15(16)22)10-27-18-17(9-24-19(21)25-18)28-13-4-3-12(8-23)14(20)7-13/h2-7,9H,10H2,1H3. The van der Waals surface area contributed by atoms with E-state index in [1.165, 1.54) is 31.1 Å². The first-order valence-corrected chi connectivity index (χ1v) is 9.42. The van der Waals surface area contributed by atoms with Crippen molar-refractivity contribution < 1.29 is 13.9 Å². The van der Waals surface area contributed by atoms with Crippen LogP contribution in [0.15, 0.2) is 52.4 Å². The Kier molecular flexibility index (Phi) is 6.57. The normalized spacial score (nSPS) is 10.4. The summed E-state index contributed by atoms with van der Waals surface area (Å²) in [4.78, 5) is 9.50. The molecule has 0 saturated carbocycles. The fourth-order valence-electron chi connectivity index (χ4n) is 2.23. The van der Waals surface area contributed by atoms with Crippen molar-refractivity contribution in [3.05, 3.63) is 69.8 Å². The van der Waals surface area contributed by atoms with Gasteiger partial charge >= 0.3 is 0 Å². The predicted molar refractivity (Wildman–Crippen MR) is 105 cm³/mol. The lowest BCUT2D eigenvalue weighted by molar-refractivity contribution is 0.284. The molecule has 1 aromatic heterocycles. The van der Waals surface area contributed by atoms with Gasteiger partial charge in [0.25, 0.3) is 0 Å². The van der Waals surface area contributed by atoms with Gasteiger partial charge in [-0.1, -0.05) is 29.4 Å². The Morgan fingerprint density at radius 1 is 1.21 bits per heavy atom. The van der Waals surface area contributed by atoms with Gasteiger partial charge < -0.3 is 9.47 Å². The molecule has 0 bridgehead atoms. The van der Waals surface area contributed by atoms with Gasteiger partial charge in [0.15, 0.2) is 11.6 Å². The van der Waals surface area contributed by atoms with Crippen molar-refractivity contribution >= 4 is 35.0 Å². The Hall–Kier alpha value is -2.53. The molecule has 0 aliphatic heterocycles. The first-order valence-electron chi connectivity index (χ1n) is 7.85. The summed E-state index contributed by atoms with van der Waals surface area (Å²) in [5, 5.41) is 9.36. The molecule has 3 aromatic rings. The van der Waals surface area contributed by atoms with Crippen LogP contribution in [0.3, 0.4) is 0 Å². The smallest absolute Gasteiger partial charge is 0.232 e. The largest absolute Gasteiger partial charge is 0.494 e. The quantitative estimate of drug-likeness (QED) is 0.473. The van der Waals surface area contributed by atoms with Gasteiger partial charge in [0.1, 0.15) is 12.7 Å². The maximum atomic E-state index is 13.5. The zero-order valence-corrected chi connectivity index (χ0v) is 16.8. The maximum Gasteiger partial charge on any atom is 0.232 e. The highest BCUT2D eigenvalue weighted by molar-refractivity contribution is 7.99. The minimum Gasteiger partial charge on any atom is -0.494 e. The van der Waals surface area contributed by atoms with E-state index >= 15 is 0 Å². The van der Waals surface area contributed by atoms with Gasteiger partial charge in [-0.3, -0.25) is 0 Å². The van der Waals surface area contributed by atoms with E-state index in [9.17, 15) is 4.39 Å². The molecule has 9 heteroatoms. The summed E-state index contributed by atoms with van der Waals surface area (Å²) in [6, 6.07) is 11.5. The van der Waals surface area contributed by atoms with Crippen molar-refractivity contribution in [3.8, 4) is 17.7 Å². The lowest BCUT2D eigenvalue weighted by Gasteiger charge is -2.11. The van der Waals surface area contributed by atoms with Crippen molar-refractivity contribution in [1.82, 2.24) is 9.97 Å². The highest BCUT2D eigenvalue weighted by atomic mass is 35.5. The minimum atomic E-state index is -0.453. The molecule has 28 heavy (non-hydrogen) atoms. The van der Waals surface area contributed by atoms with Crippen LogP contribution in [-0.2, 0) is 6.61 Å². The van der Waals surface area contributed by atoms with E-state index in [1.807, 2.05) is 6.07 Å². The second kappa shape index (κ2) is 9.11. The van der Waals surface area contributed by atoms with Crippen molar-refractivity contribution in [2.24, 2.45) is 0 Å². The number of hydrogen-bond donors (Lipinski definition) is 0. The summed E-state index contributed by atoms with van der Waals surface area (Å²) >= 11 is 13.3. The van der Waals surface area contributed by atoms with Crippen LogP contribution in [0.2, 0.25) is 10.3 Å². The van der Waals surface area contributed by atoms with Crippen LogP contribution in [-0.4, -0.2) is 17.1 Å². The lowest BCUT2D eigenvalue weighted by atomic mass is 10.2. The molecule has 142 valence electrons. The molecule has 0 saturated heterocycles. The van der Waals surface area contributed by atoms with Crippen molar-refractivity contribution in [3.63, 3.8) is 0 Å². The molecule has 0 fully saturated rings. The molecule has 1 heterocycles. The van der Waals surface area contributed by atoms with E-state index in [0.717, 1.165) is 4.90 Å². The van der Waals surface area contributed by atoms with E-state index in [0.29, 0.717) is 21.0 Å². The molecule has 0 amide bonds. The summed E-state index contributed by atoms with van der Waals surface area (Å²) in [6.45, 7) is 0.131. The number of methoxy groups -OCH3 is 1. The van der Waals surface area contributed by atoms with Gasteiger partial charge in [-0.05, 0) is 47.5 Å². The van der Waals surface area contributed by atoms with Crippen molar-refractivity contribution in [1.29, 1.82) is 5.26 Å². The van der Waals surface area contributed by atoms with Crippen LogP contribution < -0.4 is 9.47 Å². The predicted octanol–water partition coefficient (Wildman–Crippen LogP) is 5.53. The first-order chi connectivity index (χ1) is 13.5. The molecule has 0 aliphatic carbocycles. The van der Waals surface area contributed by atoms with Crippen LogP contribution in [0.5, 0.6) is 11.6 Å². The van der Waals surface area contributed by atoms with Crippen LogP contribution in [0.4, 0.5) is 4.39 Å². The SMILES string of the molecule is COc1cc(COc2nc(Cl)ncc2Sc2ccc(C#N)c(Cl)c2)ccc1F. The molecule has 0 atom stereocenters. The number of benzene rings is 2. The summed E-state index contributed by atoms with van der Waals surface area (Å²) < 4.78 is 24.3. The molecular formula is C19H12Cl2FN3O2S. The molecule has 0 spiro atoms. The molecule has 2 aromatic carbocycles. The topological polar surface area (TPSA) is 68.0 Å². The van der Waals surface area contributed by atoms with Crippen LogP contribution in [0.1, 0.15) is 11.1 Å². The molecule has 5 nitrogen and oxygen atoms in total. The van der Waals surface area contributed by atoms with Gasteiger partial charge in [-0.2, -0.15) is 10.2 Å². The van der Waals surface area contributed by atoms with Gasteiger partial charge in [-0.15, -0.1) is 0 Å². The summed E-state index contributed by atoms with van der Waals surface area (Å²) in [5.41, 5.74) is 1.09. The molecular weight excluding hydrogens is 424 g/mol. The van der Waals surface area contributed by atoms with E-state index in [-0.39, 0.29) is 23.5 Å². The Bertz CT molecular complexity index is 1060. The molecule has 3 rings (SSSR count). The Balaban J connectivity index is 1.81. The van der Waals surface area contributed by atoms with Crippen molar-refractivity contribution in [2.75, 3.05) is 7.11 Å². The molecule has 0 N–H and O–H groups in total. The number of nitrogens with zero attached hydrogens (tertiary/aromatic N) is 3. The minimum absolute atomic E-state index is 0.0360. The van der Waals surface area contributed by atoms with Gasteiger partial charge in [-0.25, -0.2) is 9.37 Å². The van der Waals surface area contributed by atoms with Gasteiger partial charge in [0.05, 0.1) is 22.6 Å². The van der Waals surface area contributed by atoms with Crippen LogP contribution >= 0.6 is 35.0 Å². The number of ether oxygens (including phenoxy) is 2. The van der Waals surface area contributed by atoms with Gasteiger partial charge in [0, 0.05) is 11.1 Å². The first kappa shape index (κ1) is 20.2. The summed E-state index contributed by atoms with van der Waals surface area (Å²) in [5.74, 6) is -0.0531. The number of halogens is 3. The Morgan fingerprint density at radius 3 is 2.75 bits per heavy atom. The third kappa shape index (κ3) is 4.84. The second-order valence-corrected chi connectivity index (χ2v) is 7.28. The fourth-order valence-corrected chi connectivity index (χ4v) is 3.51. The Morgan fingerprint density at radius 2 is 2.04 bits per heavy atom. The van der Waals surface area contributed by atoms with Crippen LogP contribution in [0.25, 0.3) is 0 Å². The van der Waals surface area contributed by atoms with Gasteiger partial charge in [0.2, 0.25) is 11.2 Å². The average Bonchev–Trinajstić information content (AvgIpc) is 2.69. The Labute approximate surface area is 175 Å². The molecule has 0 aliphatic rings. The third-order valence-electron chi connectivity index (χ3n) is 3.57. The highest BCUT2D eigenvalue weighted by Crippen LogP contribution is 2.36.